The highest BCUT2D eigenvalue weighted by Gasteiger charge is 2.09. The summed E-state index contributed by atoms with van der Waals surface area (Å²) >= 11 is 1.46. The van der Waals surface area contributed by atoms with Gasteiger partial charge in [0.05, 0.1) is 32.5 Å². The minimum Gasteiger partial charge on any atom is -0.497 e. The predicted molar refractivity (Wildman–Crippen MR) is 107 cm³/mol. The molecular formula is C20H19N3O3S. The van der Waals surface area contributed by atoms with Crippen LogP contribution in [-0.2, 0) is 11.2 Å². The standard InChI is InChI=1S/C20H19N3O3S/c1-25-16-9-8-15(18(10-16)26-2)12-21-23-19(24)11-20-22-17(13-27-20)14-6-4-3-5-7-14/h3-10,12-13H,11H2,1-2H3,(H,23,24)/b21-12-. The highest BCUT2D eigenvalue weighted by atomic mass is 32.1. The molecule has 0 aliphatic carbocycles. The Morgan fingerprint density at radius 3 is 2.74 bits per heavy atom. The number of thiazole rings is 1. The van der Waals surface area contributed by atoms with Gasteiger partial charge in [0.1, 0.15) is 16.5 Å². The fourth-order valence-corrected chi connectivity index (χ4v) is 3.21. The number of hydrazone groups is 1. The van der Waals surface area contributed by atoms with Gasteiger partial charge in [-0.1, -0.05) is 30.3 Å². The van der Waals surface area contributed by atoms with Gasteiger partial charge >= 0.3 is 0 Å². The Morgan fingerprint density at radius 1 is 1.19 bits per heavy atom. The zero-order chi connectivity index (χ0) is 19.1. The van der Waals surface area contributed by atoms with E-state index in [1.807, 2.05) is 35.7 Å². The molecule has 0 aliphatic heterocycles. The van der Waals surface area contributed by atoms with Gasteiger partial charge in [-0.2, -0.15) is 5.10 Å². The molecule has 3 rings (SSSR count). The number of hydrogen-bond acceptors (Lipinski definition) is 6. The van der Waals surface area contributed by atoms with Crippen molar-refractivity contribution in [1.82, 2.24) is 10.4 Å². The molecule has 0 unspecified atom stereocenters. The zero-order valence-corrected chi connectivity index (χ0v) is 15.8. The van der Waals surface area contributed by atoms with Crippen LogP contribution in [0, 0.1) is 0 Å². The minimum absolute atomic E-state index is 0.175. The molecule has 3 aromatic rings. The molecule has 138 valence electrons. The average molecular weight is 381 g/mol. The normalized spacial score (nSPS) is 10.7. The van der Waals surface area contributed by atoms with Crippen molar-refractivity contribution in [2.45, 2.75) is 6.42 Å². The Bertz CT molecular complexity index is 939. The SMILES string of the molecule is COc1ccc(/C=N\NC(=O)Cc2nc(-c3ccccc3)cs2)c(OC)c1. The van der Waals surface area contributed by atoms with E-state index < -0.39 is 0 Å². The first-order valence-electron chi connectivity index (χ1n) is 8.23. The third kappa shape index (κ3) is 4.92. The lowest BCUT2D eigenvalue weighted by Crippen LogP contribution is -2.19. The van der Waals surface area contributed by atoms with Gasteiger partial charge in [-0.15, -0.1) is 11.3 Å². The van der Waals surface area contributed by atoms with Crippen molar-refractivity contribution in [2.24, 2.45) is 5.10 Å². The number of nitrogens with one attached hydrogen (secondary N) is 1. The van der Waals surface area contributed by atoms with E-state index in [0.29, 0.717) is 11.5 Å². The number of ether oxygens (including phenoxy) is 2. The molecule has 6 nitrogen and oxygen atoms in total. The van der Waals surface area contributed by atoms with E-state index in [1.165, 1.54) is 17.6 Å². The highest BCUT2D eigenvalue weighted by molar-refractivity contribution is 7.10. The molecular weight excluding hydrogens is 362 g/mol. The molecule has 2 aromatic carbocycles. The first-order chi connectivity index (χ1) is 13.2. The lowest BCUT2D eigenvalue weighted by Gasteiger charge is -2.06. The van der Waals surface area contributed by atoms with E-state index in [9.17, 15) is 4.79 Å². The van der Waals surface area contributed by atoms with Gasteiger partial charge in [0.15, 0.2) is 0 Å². The lowest BCUT2D eigenvalue weighted by molar-refractivity contribution is -0.120. The Labute approximate surface area is 161 Å². The molecule has 0 spiro atoms. The average Bonchev–Trinajstić information content (AvgIpc) is 3.17. The molecule has 0 aliphatic rings. The number of carbonyl (C=O) groups excluding carboxylic acids is 1. The minimum atomic E-state index is -0.229. The van der Waals surface area contributed by atoms with Crippen LogP contribution in [0.15, 0.2) is 59.0 Å². The summed E-state index contributed by atoms with van der Waals surface area (Å²) in [7, 11) is 3.15. The van der Waals surface area contributed by atoms with Crippen LogP contribution >= 0.6 is 11.3 Å². The fourth-order valence-electron chi connectivity index (χ4n) is 2.41. The molecule has 0 radical (unpaired) electrons. The predicted octanol–water partition coefficient (Wildman–Crippen LogP) is 3.52. The van der Waals surface area contributed by atoms with E-state index in [2.05, 4.69) is 15.5 Å². The summed E-state index contributed by atoms with van der Waals surface area (Å²) in [5.74, 6) is 1.07. The molecule has 27 heavy (non-hydrogen) atoms. The second-order valence-corrected chi connectivity index (χ2v) is 6.51. The van der Waals surface area contributed by atoms with Crippen LogP contribution in [0.1, 0.15) is 10.6 Å². The van der Waals surface area contributed by atoms with Gasteiger partial charge in [0.25, 0.3) is 0 Å². The fraction of sp³-hybridized carbons (Fsp3) is 0.150. The number of carbonyl (C=O) groups is 1. The van der Waals surface area contributed by atoms with Crippen molar-refractivity contribution in [3.63, 3.8) is 0 Å². The highest BCUT2D eigenvalue weighted by Crippen LogP contribution is 2.23. The summed E-state index contributed by atoms with van der Waals surface area (Å²) in [6, 6.07) is 15.2. The third-order valence-electron chi connectivity index (χ3n) is 3.77. The first kappa shape index (κ1) is 18.6. The largest absolute Gasteiger partial charge is 0.497 e. The van der Waals surface area contributed by atoms with E-state index >= 15 is 0 Å². The maximum absolute atomic E-state index is 12.1. The van der Waals surface area contributed by atoms with Crippen molar-refractivity contribution in [1.29, 1.82) is 0 Å². The number of methoxy groups -OCH3 is 2. The number of nitrogens with zero attached hydrogens (tertiary/aromatic N) is 2. The number of amides is 1. The number of benzene rings is 2. The smallest absolute Gasteiger partial charge is 0.246 e. The van der Waals surface area contributed by atoms with Crippen LogP contribution in [0.25, 0.3) is 11.3 Å². The van der Waals surface area contributed by atoms with Crippen molar-refractivity contribution >= 4 is 23.5 Å². The summed E-state index contributed by atoms with van der Waals surface area (Å²) < 4.78 is 10.4. The summed E-state index contributed by atoms with van der Waals surface area (Å²) in [4.78, 5) is 16.6. The quantitative estimate of drug-likeness (QED) is 0.502. The molecule has 0 saturated carbocycles. The Hall–Kier alpha value is -3.19. The molecule has 1 N–H and O–H groups in total. The molecule has 7 heteroatoms. The summed E-state index contributed by atoms with van der Waals surface area (Å²) in [6.07, 6.45) is 1.71. The van der Waals surface area contributed by atoms with E-state index in [-0.39, 0.29) is 12.3 Å². The van der Waals surface area contributed by atoms with Crippen LogP contribution in [0.5, 0.6) is 11.5 Å². The number of hydrogen-bond donors (Lipinski definition) is 1. The topological polar surface area (TPSA) is 72.8 Å². The van der Waals surface area contributed by atoms with Crippen LogP contribution < -0.4 is 14.9 Å². The lowest BCUT2D eigenvalue weighted by atomic mass is 10.2. The summed E-state index contributed by atoms with van der Waals surface area (Å²) in [6.45, 7) is 0. The number of rotatable bonds is 7. The zero-order valence-electron chi connectivity index (χ0n) is 15.0. The molecule has 0 bridgehead atoms. The first-order valence-corrected chi connectivity index (χ1v) is 9.11. The van der Waals surface area contributed by atoms with Crippen molar-refractivity contribution in [3.05, 3.63) is 64.5 Å². The Morgan fingerprint density at radius 2 is 2.00 bits per heavy atom. The van der Waals surface area contributed by atoms with Crippen molar-refractivity contribution < 1.29 is 14.3 Å². The third-order valence-corrected chi connectivity index (χ3v) is 4.62. The molecule has 1 heterocycles. The van der Waals surface area contributed by atoms with Gasteiger partial charge in [-0.25, -0.2) is 10.4 Å². The van der Waals surface area contributed by atoms with E-state index in [4.69, 9.17) is 9.47 Å². The maximum atomic E-state index is 12.1. The van der Waals surface area contributed by atoms with Gasteiger partial charge in [0, 0.05) is 22.6 Å². The Kier molecular flexibility index (Phi) is 6.17. The van der Waals surface area contributed by atoms with Crippen molar-refractivity contribution in [3.8, 4) is 22.8 Å². The molecule has 0 fully saturated rings. The maximum Gasteiger partial charge on any atom is 0.246 e. The molecule has 1 aromatic heterocycles. The van der Waals surface area contributed by atoms with Gasteiger partial charge in [-0.05, 0) is 12.1 Å². The summed E-state index contributed by atoms with van der Waals surface area (Å²) in [5.41, 5.74) is 5.16. The second kappa shape index (κ2) is 8.95. The van der Waals surface area contributed by atoms with E-state index in [0.717, 1.165) is 21.8 Å². The van der Waals surface area contributed by atoms with Crippen LogP contribution in [-0.4, -0.2) is 31.3 Å². The number of aromatic nitrogens is 1. The van der Waals surface area contributed by atoms with Gasteiger partial charge in [-0.3, -0.25) is 4.79 Å². The van der Waals surface area contributed by atoms with Crippen molar-refractivity contribution in [2.75, 3.05) is 14.2 Å². The van der Waals surface area contributed by atoms with Gasteiger partial charge in [0.2, 0.25) is 5.91 Å². The van der Waals surface area contributed by atoms with Gasteiger partial charge < -0.3 is 9.47 Å². The van der Waals surface area contributed by atoms with Crippen LogP contribution in [0.4, 0.5) is 0 Å². The summed E-state index contributed by atoms with van der Waals surface area (Å²) in [5, 5.41) is 6.69. The molecule has 0 saturated heterocycles. The second-order valence-electron chi connectivity index (χ2n) is 5.57. The van der Waals surface area contributed by atoms with E-state index in [1.54, 1.807) is 32.4 Å². The van der Waals surface area contributed by atoms with Crippen LogP contribution in [0.3, 0.4) is 0 Å². The molecule has 1 amide bonds. The molecule has 0 atom stereocenters. The van der Waals surface area contributed by atoms with Crippen LogP contribution in [0.2, 0.25) is 0 Å². The Balaban J connectivity index is 1.59. The monoisotopic (exact) mass is 381 g/mol.